The quantitative estimate of drug-likeness (QED) is 0.491. The minimum Gasteiger partial charge on any atom is -0.295 e. The zero-order valence-electron chi connectivity index (χ0n) is 6.48. The van der Waals surface area contributed by atoms with Gasteiger partial charge in [-0.15, -0.1) is 9.24 Å². The van der Waals surface area contributed by atoms with Gasteiger partial charge in [0.1, 0.15) is 0 Å². The summed E-state index contributed by atoms with van der Waals surface area (Å²) in [5.41, 5.74) is 0.183. The molecule has 1 rings (SSSR count). The molecule has 1 aliphatic carbocycles. The molecule has 0 aromatic rings. The number of carbonyl (C=O) groups is 1. The third-order valence-electron chi connectivity index (χ3n) is 1.68. The molecule has 0 aromatic heterocycles. The van der Waals surface area contributed by atoms with Crippen molar-refractivity contribution in [2.24, 2.45) is 5.41 Å². The average molecular weight is 156 g/mol. The van der Waals surface area contributed by atoms with Crippen LogP contribution in [0.25, 0.3) is 0 Å². The van der Waals surface area contributed by atoms with Gasteiger partial charge in [-0.25, -0.2) is 0 Å². The Morgan fingerprint density at radius 2 is 2.10 bits per heavy atom. The van der Waals surface area contributed by atoms with Crippen molar-refractivity contribution in [3.05, 3.63) is 11.4 Å². The van der Waals surface area contributed by atoms with Crippen LogP contribution < -0.4 is 0 Å². The summed E-state index contributed by atoms with van der Waals surface area (Å²) in [6.07, 6.45) is 3.46. The van der Waals surface area contributed by atoms with Crippen LogP contribution in [0.1, 0.15) is 26.7 Å². The Kier molecular flexibility index (Phi) is 1.96. The van der Waals surface area contributed by atoms with Crippen LogP contribution in [0.15, 0.2) is 11.4 Å². The lowest BCUT2D eigenvalue weighted by Crippen LogP contribution is -2.20. The van der Waals surface area contributed by atoms with E-state index in [0.717, 1.165) is 11.7 Å². The maximum absolute atomic E-state index is 11.0. The van der Waals surface area contributed by atoms with Crippen LogP contribution in [0.4, 0.5) is 0 Å². The topological polar surface area (TPSA) is 17.1 Å². The standard InChI is InChI=1S/C8H13OP/c1-8(2)4-6(9)3-7(10)5-8/h3H,4-5,10H2,1-2H3. The first-order valence-corrected chi connectivity index (χ1v) is 4.06. The Morgan fingerprint density at radius 1 is 1.50 bits per heavy atom. The fraction of sp³-hybridized carbons (Fsp3) is 0.625. The lowest BCUT2D eigenvalue weighted by atomic mass is 9.80. The summed E-state index contributed by atoms with van der Waals surface area (Å²) in [5, 5.41) is 1.14. The zero-order chi connectivity index (χ0) is 7.78. The first-order chi connectivity index (χ1) is 4.49. The molecule has 56 valence electrons. The molecule has 0 spiro atoms. The highest BCUT2D eigenvalue weighted by molar-refractivity contribution is 7.22. The Hall–Kier alpha value is -0.160. The molecule has 1 atom stereocenters. The van der Waals surface area contributed by atoms with E-state index >= 15 is 0 Å². The maximum atomic E-state index is 11.0. The summed E-state index contributed by atoms with van der Waals surface area (Å²) >= 11 is 0. The molecule has 0 aliphatic heterocycles. The van der Waals surface area contributed by atoms with E-state index < -0.39 is 0 Å². The number of rotatable bonds is 0. The number of hydrogen-bond donors (Lipinski definition) is 0. The summed E-state index contributed by atoms with van der Waals surface area (Å²) in [6, 6.07) is 0. The highest BCUT2D eigenvalue weighted by atomic mass is 31.0. The van der Waals surface area contributed by atoms with Crippen LogP contribution >= 0.6 is 9.24 Å². The number of ketones is 1. The number of allylic oxidation sites excluding steroid dienone is 2. The number of hydrogen-bond acceptors (Lipinski definition) is 1. The van der Waals surface area contributed by atoms with Crippen LogP contribution in [-0.2, 0) is 4.79 Å². The minimum absolute atomic E-state index is 0.183. The normalized spacial score (nSPS) is 24.3. The molecule has 0 saturated heterocycles. The third-order valence-corrected chi connectivity index (χ3v) is 2.05. The zero-order valence-corrected chi connectivity index (χ0v) is 7.63. The fourth-order valence-electron chi connectivity index (χ4n) is 1.40. The first-order valence-electron chi connectivity index (χ1n) is 3.48. The van der Waals surface area contributed by atoms with Crippen molar-refractivity contribution in [2.45, 2.75) is 26.7 Å². The highest BCUT2D eigenvalue weighted by Gasteiger charge is 2.25. The van der Waals surface area contributed by atoms with Crippen molar-refractivity contribution in [1.82, 2.24) is 0 Å². The van der Waals surface area contributed by atoms with Crippen molar-refractivity contribution >= 4 is 15.0 Å². The van der Waals surface area contributed by atoms with Crippen molar-refractivity contribution < 1.29 is 4.79 Å². The molecule has 0 bridgehead atoms. The van der Waals surface area contributed by atoms with Gasteiger partial charge < -0.3 is 0 Å². The second-order valence-electron chi connectivity index (χ2n) is 3.70. The maximum Gasteiger partial charge on any atom is 0.156 e. The van der Waals surface area contributed by atoms with Crippen LogP contribution in [0.5, 0.6) is 0 Å². The Balaban J connectivity index is 2.80. The Bertz CT molecular complexity index is 191. The molecule has 0 saturated carbocycles. The molecule has 0 heterocycles. The van der Waals surface area contributed by atoms with Gasteiger partial charge in [0.15, 0.2) is 5.78 Å². The molecule has 0 N–H and O–H groups in total. The Labute approximate surface area is 64.1 Å². The van der Waals surface area contributed by atoms with E-state index in [4.69, 9.17) is 0 Å². The van der Waals surface area contributed by atoms with Gasteiger partial charge in [0.2, 0.25) is 0 Å². The van der Waals surface area contributed by atoms with Gasteiger partial charge in [-0.1, -0.05) is 13.8 Å². The van der Waals surface area contributed by atoms with Gasteiger partial charge in [-0.2, -0.15) is 0 Å². The lowest BCUT2D eigenvalue weighted by molar-refractivity contribution is -0.116. The summed E-state index contributed by atoms with van der Waals surface area (Å²) in [7, 11) is 2.61. The molecule has 1 nitrogen and oxygen atoms in total. The summed E-state index contributed by atoms with van der Waals surface area (Å²) in [4.78, 5) is 11.0. The van der Waals surface area contributed by atoms with Crippen molar-refractivity contribution in [1.29, 1.82) is 0 Å². The predicted octanol–water partition coefficient (Wildman–Crippen LogP) is 2.13. The molecule has 10 heavy (non-hydrogen) atoms. The van der Waals surface area contributed by atoms with Crippen LogP contribution in [0.2, 0.25) is 0 Å². The smallest absolute Gasteiger partial charge is 0.156 e. The van der Waals surface area contributed by atoms with Crippen LogP contribution in [-0.4, -0.2) is 5.78 Å². The molecule has 0 aromatic carbocycles. The summed E-state index contributed by atoms with van der Waals surface area (Å²) in [5.74, 6) is 0.265. The summed E-state index contributed by atoms with van der Waals surface area (Å²) in [6.45, 7) is 4.25. The Morgan fingerprint density at radius 3 is 2.50 bits per heavy atom. The molecular formula is C8H13OP. The minimum atomic E-state index is 0.183. The molecule has 0 radical (unpaired) electrons. The first kappa shape index (κ1) is 7.94. The second-order valence-corrected chi connectivity index (χ2v) is 4.44. The summed E-state index contributed by atoms with van der Waals surface area (Å²) < 4.78 is 0. The van der Waals surface area contributed by atoms with E-state index in [1.54, 1.807) is 6.08 Å². The molecule has 0 fully saturated rings. The van der Waals surface area contributed by atoms with Gasteiger partial charge in [0.05, 0.1) is 0 Å². The molecule has 2 heteroatoms. The largest absolute Gasteiger partial charge is 0.295 e. The third kappa shape index (κ3) is 1.91. The molecule has 1 aliphatic rings. The van der Waals surface area contributed by atoms with E-state index in [-0.39, 0.29) is 11.2 Å². The average Bonchev–Trinajstić information content (AvgIpc) is 1.54. The van der Waals surface area contributed by atoms with Gasteiger partial charge >= 0.3 is 0 Å². The molecule has 1 unspecified atom stereocenters. The van der Waals surface area contributed by atoms with Crippen LogP contribution in [0, 0.1) is 5.41 Å². The van der Waals surface area contributed by atoms with Crippen molar-refractivity contribution in [2.75, 3.05) is 0 Å². The lowest BCUT2D eigenvalue weighted by Gasteiger charge is -2.26. The van der Waals surface area contributed by atoms with E-state index in [2.05, 4.69) is 23.1 Å². The second kappa shape index (κ2) is 2.47. The van der Waals surface area contributed by atoms with Crippen LogP contribution in [0.3, 0.4) is 0 Å². The van der Waals surface area contributed by atoms with Gasteiger partial charge in [0, 0.05) is 6.42 Å². The van der Waals surface area contributed by atoms with Crippen molar-refractivity contribution in [3.63, 3.8) is 0 Å². The predicted molar refractivity (Wildman–Crippen MR) is 45.8 cm³/mol. The van der Waals surface area contributed by atoms with E-state index in [9.17, 15) is 4.79 Å². The van der Waals surface area contributed by atoms with E-state index in [0.29, 0.717) is 6.42 Å². The fourth-order valence-corrected chi connectivity index (χ4v) is 2.13. The van der Waals surface area contributed by atoms with Gasteiger partial charge in [0.25, 0.3) is 0 Å². The van der Waals surface area contributed by atoms with E-state index in [1.165, 1.54) is 0 Å². The molecule has 0 amide bonds. The highest BCUT2D eigenvalue weighted by Crippen LogP contribution is 2.35. The SMILES string of the molecule is CC1(C)CC(=O)C=C(P)C1. The van der Waals surface area contributed by atoms with Gasteiger partial charge in [-0.05, 0) is 23.2 Å². The van der Waals surface area contributed by atoms with Gasteiger partial charge in [-0.3, -0.25) is 4.79 Å². The number of carbonyl (C=O) groups excluding carboxylic acids is 1. The van der Waals surface area contributed by atoms with Crippen molar-refractivity contribution in [3.8, 4) is 0 Å². The monoisotopic (exact) mass is 156 g/mol. The van der Waals surface area contributed by atoms with E-state index in [1.807, 2.05) is 0 Å². The molecular weight excluding hydrogens is 143 g/mol.